The number of rotatable bonds is 7. The van der Waals surface area contributed by atoms with Crippen LogP contribution in [0.1, 0.15) is 37.3 Å². The number of benzene rings is 2. The number of hydrogen-bond acceptors (Lipinski definition) is 0. The van der Waals surface area contributed by atoms with E-state index >= 15 is 0 Å². The monoisotopic (exact) mass is 376 g/mol. The van der Waals surface area contributed by atoms with E-state index in [4.69, 9.17) is 0 Å². The van der Waals surface area contributed by atoms with Gasteiger partial charge in [0.1, 0.15) is 0 Å². The minimum Gasteiger partial charge on any atom is -0.230 e. The molecule has 0 spiro atoms. The van der Waals surface area contributed by atoms with Crippen molar-refractivity contribution in [2.75, 3.05) is 0 Å². The molecular weight excluding hydrogens is 344 g/mol. The van der Waals surface area contributed by atoms with E-state index in [1.165, 1.54) is 59.4 Å². The van der Waals surface area contributed by atoms with Crippen LogP contribution >= 0.6 is 0 Å². The van der Waals surface area contributed by atoms with Crippen LogP contribution in [-0.2, 0) is 27.2 Å². The molecule has 0 saturated carbocycles. The van der Waals surface area contributed by atoms with Crippen molar-refractivity contribution in [1.82, 2.24) is 9.13 Å². The summed E-state index contributed by atoms with van der Waals surface area (Å²) in [4.78, 5) is 0. The third-order valence-electron chi connectivity index (χ3n) is 6.33. The van der Waals surface area contributed by atoms with Crippen molar-refractivity contribution in [2.45, 2.75) is 52.6 Å². The third-order valence-corrected chi connectivity index (χ3v) is 6.33. The second-order valence-corrected chi connectivity index (χ2v) is 7.91. The zero-order valence-electron chi connectivity index (χ0n) is 17.7. The van der Waals surface area contributed by atoms with Gasteiger partial charge in [-0.3, -0.25) is 0 Å². The molecule has 0 aliphatic rings. The van der Waals surface area contributed by atoms with Gasteiger partial charge in [0.15, 0.2) is 22.1 Å². The van der Waals surface area contributed by atoms with Crippen molar-refractivity contribution < 1.29 is 9.13 Å². The van der Waals surface area contributed by atoms with Gasteiger partial charge in [-0.05, 0) is 49.9 Å². The van der Waals surface area contributed by atoms with E-state index < -0.39 is 0 Å². The van der Waals surface area contributed by atoms with Gasteiger partial charge in [-0.2, -0.15) is 0 Å². The molecule has 0 bridgehead atoms. The second-order valence-electron chi connectivity index (χ2n) is 7.91. The Balaban J connectivity index is 1.33. The molecule has 2 aromatic heterocycles. The summed E-state index contributed by atoms with van der Waals surface area (Å²) in [5.41, 5.74) is 5.35. The largest absolute Gasteiger partial charge is 0.253 e. The summed E-state index contributed by atoms with van der Waals surface area (Å²) in [5.74, 6) is 2.67. The number of aromatic nitrogens is 4. The highest BCUT2D eigenvalue weighted by atomic mass is 15.2. The van der Waals surface area contributed by atoms with Gasteiger partial charge in [0.05, 0.1) is 27.2 Å². The second kappa shape index (κ2) is 7.78. The van der Waals surface area contributed by atoms with Crippen LogP contribution in [0.5, 0.6) is 0 Å². The van der Waals surface area contributed by atoms with Crippen molar-refractivity contribution in [3.8, 4) is 0 Å². The standard InChI is InChI=1S/C24H32N4/c1-19-25(3)21-13-7-9-15-23(21)27(19)17-11-5-6-12-18-28-20(2)26(4)22-14-8-10-16-24(22)28/h7-10,13-16H,5-6,11-12,17-18H2,1-4H3/q+2. The van der Waals surface area contributed by atoms with Gasteiger partial charge in [0, 0.05) is 13.8 Å². The van der Waals surface area contributed by atoms with Crippen LogP contribution in [0.4, 0.5) is 0 Å². The van der Waals surface area contributed by atoms with Crippen molar-refractivity contribution in [1.29, 1.82) is 0 Å². The molecule has 0 N–H and O–H groups in total. The molecule has 4 heteroatoms. The smallest absolute Gasteiger partial charge is 0.230 e. The first kappa shape index (κ1) is 18.7. The lowest BCUT2D eigenvalue weighted by Gasteiger charge is -2.03. The molecule has 0 aliphatic carbocycles. The molecule has 2 aromatic carbocycles. The van der Waals surface area contributed by atoms with E-state index in [-0.39, 0.29) is 0 Å². The van der Waals surface area contributed by atoms with Crippen LogP contribution < -0.4 is 9.13 Å². The van der Waals surface area contributed by atoms with Gasteiger partial charge in [-0.1, -0.05) is 24.3 Å². The summed E-state index contributed by atoms with van der Waals surface area (Å²) in [6.45, 7) is 6.65. The number of fused-ring (bicyclic) bond motifs is 2. The highest BCUT2D eigenvalue weighted by Crippen LogP contribution is 2.17. The van der Waals surface area contributed by atoms with Crippen molar-refractivity contribution in [3.63, 3.8) is 0 Å². The molecule has 2 heterocycles. The molecular formula is C24H32N4+2. The van der Waals surface area contributed by atoms with Gasteiger partial charge in [0.2, 0.25) is 0 Å². The molecule has 4 nitrogen and oxygen atoms in total. The molecule has 4 rings (SSSR count). The SMILES string of the molecule is Cc1n(CCCCCCn2c(C)[n+](C)c3ccccc32)c2ccccc2[n+]1C. The fraction of sp³-hybridized carbons (Fsp3) is 0.417. The van der Waals surface area contributed by atoms with E-state index in [1.807, 2.05) is 0 Å². The minimum absolute atomic E-state index is 1.10. The van der Waals surface area contributed by atoms with Crippen molar-refractivity contribution in [3.05, 3.63) is 60.2 Å². The maximum atomic E-state index is 2.47. The summed E-state index contributed by atoms with van der Waals surface area (Å²) < 4.78 is 9.54. The molecule has 0 aliphatic heterocycles. The number of aryl methyl sites for hydroxylation is 4. The molecule has 0 radical (unpaired) electrons. The first-order valence-electron chi connectivity index (χ1n) is 10.5. The molecule has 4 aromatic rings. The fourth-order valence-electron chi connectivity index (χ4n) is 4.47. The Morgan fingerprint density at radius 3 is 1.43 bits per heavy atom. The van der Waals surface area contributed by atoms with E-state index in [2.05, 4.69) is 94.7 Å². The molecule has 146 valence electrons. The quantitative estimate of drug-likeness (QED) is 0.341. The molecule has 0 atom stereocenters. The van der Waals surface area contributed by atoms with E-state index in [0.717, 1.165) is 13.1 Å². The number of unbranched alkanes of at least 4 members (excludes halogenated alkanes) is 3. The lowest BCUT2D eigenvalue weighted by molar-refractivity contribution is -0.652. The average molecular weight is 377 g/mol. The van der Waals surface area contributed by atoms with Crippen LogP contribution in [0.3, 0.4) is 0 Å². The van der Waals surface area contributed by atoms with Crippen LogP contribution in [-0.4, -0.2) is 9.13 Å². The first-order chi connectivity index (χ1) is 13.6. The Hall–Kier alpha value is -2.62. The predicted molar refractivity (Wildman–Crippen MR) is 114 cm³/mol. The van der Waals surface area contributed by atoms with Gasteiger partial charge in [-0.15, -0.1) is 0 Å². The van der Waals surface area contributed by atoms with Crippen LogP contribution in [0.2, 0.25) is 0 Å². The summed E-state index contributed by atoms with van der Waals surface area (Å²) in [6, 6.07) is 17.4. The molecule has 0 fully saturated rings. The van der Waals surface area contributed by atoms with Crippen LogP contribution in [0.15, 0.2) is 48.5 Å². The maximum Gasteiger partial charge on any atom is 0.253 e. The third kappa shape index (κ3) is 3.21. The van der Waals surface area contributed by atoms with Crippen molar-refractivity contribution in [2.24, 2.45) is 14.1 Å². The lowest BCUT2D eigenvalue weighted by Crippen LogP contribution is -2.30. The maximum absolute atomic E-state index is 2.47. The minimum atomic E-state index is 1.10. The van der Waals surface area contributed by atoms with E-state index in [1.54, 1.807) is 0 Å². The van der Waals surface area contributed by atoms with E-state index in [0.29, 0.717) is 0 Å². The summed E-state index contributed by atoms with van der Waals surface area (Å²) in [5, 5.41) is 0. The number of para-hydroxylation sites is 4. The van der Waals surface area contributed by atoms with Crippen LogP contribution in [0.25, 0.3) is 22.1 Å². The normalized spacial score (nSPS) is 11.7. The highest BCUT2D eigenvalue weighted by molar-refractivity contribution is 5.72. The molecule has 28 heavy (non-hydrogen) atoms. The van der Waals surface area contributed by atoms with Gasteiger partial charge < -0.3 is 0 Å². The highest BCUT2D eigenvalue weighted by Gasteiger charge is 2.19. The Morgan fingerprint density at radius 2 is 1.00 bits per heavy atom. The first-order valence-corrected chi connectivity index (χ1v) is 10.5. The molecule has 0 unspecified atom stereocenters. The number of nitrogens with zero attached hydrogens (tertiary/aromatic N) is 4. The lowest BCUT2D eigenvalue weighted by atomic mass is 10.2. The summed E-state index contributed by atoms with van der Waals surface area (Å²) in [6.07, 6.45) is 5.03. The molecule has 0 amide bonds. The van der Waals surface area contributed by atoms with Crippen LogP contribution in [0, 0.1) is 13.8 Å². The Bertz CT molecular complexity index is 1030. The van der Waals surface area contributed by atoms with E-state index in [9.17, 15) is 0 Å². The van der Waals surface area contributed by atoms with Gasteiger partial charge >= 0.3 is 0 Å². The predicted octanol–water partition coefficient (Wildman–Crippen LogP) is 4.12. The average Bonchev–Trinajstić information content (AvgIpc) is 3.11. The zero-order valence-corrected chi connectivity index (χ0v) is 17.7. The molecule has 0 saturated heterocycles. The van der Waals surface area contributed by atoms with Gasteiger partial charge in [0.25, 0.3) is 11.6 Å². The van der Waals surface area contributed by atoms with Gasteiger partial charge in [-0.25, -0.2) is 18.3 Å². The zero-order chi connectivity index (χ0) is 19.7. The Labute approximate surface area is 167 Å². The summed E-state index contributed by atoms with van der Waals surface area (Å²) >= 11 is 0. The fourth-order valence-corrected chi connectivity index (χ4v) is 4.47. The summed E-state index contributed by atoms with van der Waals surface area (Å²) in [7, 11) is 4.33. The number of imidazole rings is 2. The Kier molecular flexibility index (Phi) is 5.21. The topological polar surface area (TPSA) is 17.6 Å². The van der Waals surface area contributed by atoms with Crippen molar-refractivity contribution >= 4 is 22.1 Å². The number of hydrogen-bond donors (Lipinski definition) is 0. The Morgan fingerprint density at radius 1 is 0.607 bits per heavy atom.